The van der Waals surface area contributed by atoms with Gasteiger partial charge in [-0.2, -0.15) is 0 Å². The highest BCUT2D eigenvalue weighted by atomic mass is 16.6. The molecular weight excluding hydrogens is 292 g/mol. The number of amides is 1. The fraction of sp³-hybridized carbons (Fsp3) is 0.611. The maximum absolute atomic E-state index is 11.8. The normalized spacial score (nSPS) is 11.4. The summed E-state index contributed by atoms with van der Waals surface area (Å²) in [5.74, 6) is 0.368. The summed E-state index contributed by atoms with van der Waals surface area (Å²) in [6.45, 7) is 11.6. The van der Waals surface area contributed by atoms with E-state index in [4.69, 9.17) is 4.74 Å². The van der Waals surface area contributed by atoms with Crippen molar-refractivity contribution >= 4 is 6.09 Å². The van der Waals surface area contributed by atoms with Crippen LogP contribution in [0.4, 0.5) is 4.79 Å². The second-order valence-electron chi connectivity index (χ2n) is 7.01. The van der Waals surface area contributed by atoms with Crippen molar-refractivity contribution in [3.8, 4) is 5.75 Å². The number of nitrogens with zero attached hydrogens (tertiary/aromatic N) is 1. The van der Waals surface area contributed by atoms with Crippen LogP contribution in [0, 0.1) is 13.8 Å². The van der Waals surface area contributed by atoms with Gasteiger partial charge in [-0.25, -0.2) is 4.79 Å². The van der Waals surface area contributed by atoms with E-state index in [0.717, 1.165) is 36.2 Å². The zero-order valence-corrected chi connectivity index (χ0v) is 15.2. The van der Waals surface area contributed by atoms with Crippen molar-refractivity contribution in [1.29, 1.82) is 0 Å². The Kier molecular flexibility index (Phi) is 6.88. The number of hydrogen-bond acceptors (Lipinski definition) is 4. The molecule has 0 heterocycles. The molecule has 0 bridgehead atoms. The average Bonchev–Trinajstić information content (AvgIpc) is 2.42. The fourth-order valence-corrected chi connectivity index (χ4v) is 2.25. The van der Waals surface area contributed by atoms with Crippen molar-refractivity contribution < 1.29 is 14.6 Å². The van der Waals surface area contributed by atoms with Gasteiger partial charge in [0.2, 0.25) is 0 Å². The molecule has 1 amide bonds. The molecule has 0 radical (unpaired) electrons. The van der Waals surface area contributed by atoms with Crippen LogP contribution in [0.25, 0.3) is 0 Å². The molecule has 0 aliphatic rings. The van der Waals surface area contributed by atoms with Gasteiger partial charge in [-0.15, -0.1) is 0 Å². The molecule has 0 saturated heterocycles. The van der Waals surface area contributed by atoms with Gasteiger partial charge in [0.05, 0.1) is 0 Å². The van der Waals surface area contributed by atoms with Crippen LogP contribution in [-0.4, -0.2) is 41.8 Å². The van der Waals surface area contributed by atoms with E-state index in [9.17, 15) is 9.90 Å². The Labute approximate surface area is 139 Å². The lowest BCUT2D eigenvalue weighted by Gasteiger charge is -2.24. The summed E-state index contributed by atoms with van der Waals surface area (Å²) < 4.78 is 5.31. The summed E-state index contributed by atoms with van der Waals surface area (Å²) in [5, 5.41) is 13.1. The quantitative estimate of drug-likeness (QED) is 0.788. The predicted octanol–water partition coefficient (Wildman–Crippen LogP) is 3.36. The van der Waals surface area contributed by atoms with Gasteiger partial charge in [0.1, 0.15) is 11.4 Å². The van der Waals surface area contributed by atoms with E-state index in [0.29, 0.717) is 12.3 Å². The van der Waals surface area contributed by atoms with Crippen LogP contribution in [0.1, 0.15) is 43.9 Å². The van der Waals surface area contributed by atoms with Gasteiger partial charge in [-0.1, -0.05) is 12.1 Å². The Balaban J connectivity index is 2.29. The minimum Gasteiger partial charge on any atom is -0.507 e. The molecule has 2 N–H and O–H groups in total. The molecule has 0 saturated carbocycles. The Morgan fingerprint density at radius 3 is 2.35 bits per heavy atom. The molecule has 0 atom stereocenters. The monoisotopic (exact) mass is 322 g/mol. The predicted molar refractivity (Wildman–Crippen MR) is 92.8 cm³/mol. The molecule has 130 valence electrons. The largest absolute Gasteiger partial charge is 0.507 e. The van der Waals surface area contributed by atoms with Crippen LogP contribution < -0.4 is 5.32 Å². The van der Waals surface area contributed by atoms with Gasteiger partial charge in [0.25, 0.3) is 0 Å². The smallest absolute Gasteiger partial charge is 0.410 e. The first-order valence-electron chi connectivity index (χ1n) is 8.04. The Bertz CT molecular complexity index is 513. The number of carbonyl (C=O) groups is 1. The van der Waals surface area contributed by atoms with E-state index < -0.39 is 5.60 Å². The summed E-state index contributed by atoms with van der Waals surface area (Å²) in [6.07, 6.45) is 0.563. The number of phenolic OH excluding ortho intramolecular Hbond substituents is 1. The van der Waals surface area contributed by atoms with E-state index in [1.807, 2.05) is 46.8 Å². The van der Waals surface area contributed by atoms with E-state index in [1.165, 1.54) is 0 Å². The first-order valence-corrected chi connectivity index (χ1v) is 8.04. The number of rotatable bonds is 6. The Morgan fingerprint density at radius 1 is 1.26 bits per heavy atom. The van der Waals surface area contributed by atoms with Gasteiger partial charge < -0.3 is 20.1 Å². The van der Waals surface area contributed by atoms with Crippen molar-refractivity contribution in [3.63, 3.8) is 0 Å². The Morgan fingerprint density at radius 2 is 1.83 bits per heavy atom. The number of aromatic hydroxyl groups is 1. The van der Waals surface area contributed by atoms with E-state index >= 15 is 0 Å². The third-order valence-electron chi connectivity index (χ3n) is 3.43. The van der Waals surface area contributed by atoms with Gasteiger partial charge in [0, 0.05) is 20.1 Å². The van der Waals surface area contributed by atoms with Gasteiger partial charge >= 0.3 is 6.09 Å². The van der Waals surface area contributed by atoms with Crippen molar-refractivity contribution in [2.45, 2.75) is 53.2 Å². The van der Waals surface area contributed by atoms with Gasteiger partial charge in [-0.3, -0.25) is 0 Å². The number of phenols is 1. The molecule has 5 nitrogen and oxygen atoms in total. The molecule has 1 aromatic carbocycles. The third kappa shape index (κ3) is 6.91. The topological polar surface area (TPSA) is 61.8 Å². The summed E-state index contributed by atoms with van der Waals surface area (Å²) in [6, 6.07) is 3.98. The van der Waals surface area contributed by atoms with E-state index in [1.54, 1.807) is 11.9 Å². The zero-order chi connectivity index (χ0) is 17.6. The van der Waals surface area contributed by atoms with Crippen LogP contribution in [0.2, 0.25) is 0 Å². The maximum atomic E-state index is 11.8. The number of aryl methyl sites for hydroxylation is 2. The van der Waals surface area contributed by atoms with Crippen molar-refractivity contribution in [2.75, 3.05) is 20.1 Å². The van der Waals surface area contributed by atoms with Crippen LogP contribution >= 0.6 is 0 Å². The van der Waals surface area contributed by atoms with Crippen LogP contribution in [-0.2, 0) is 11.3 Å². The summed E-state index contributed by atoms with van der Waals surface area (Å²) in [4.78, 5) is 13.4. The molecule has 1 rings (SSSR count). The van der Waals surface area contributed by atoms with Crippen molar-refractivity contribution in [2.24, 2.45) is 0 Å². The SMILES string of the molecule is Cc1cc(CNCCCN(C)C(=O)OC(C)(C)C)cc(C)c1O. The highest BCUT2D eigenvalue weighted by molar-refractivity contribution is 5.67. The van der Waals surface area contributed by atoms with Crippen molar-refractivity contribution in [1.82, 2.24) is 10.2 Å². The minimum atomic E-state index is -0.460. The van der Waals surface area contributed by atoms with Crippen LogP contribution in [0.5, 0.6) is 5.75 Å². The Hall–Kier alpha value is -1.75. The third-order valence-corrected chi connectivity index (χ3v) is 3.43. The standard InChI is InChI=1S/C18H30N2O3/c1-13-10-15(11-14(2)16(13)21)12-19-8-7-9-20(6)17(22)23-18(3,4)5/h10-11,19,21H,7-9,12H2,1-6H3. The van der Waals surface area contributed by atoms with Crippen molar-refractivity contribution in [3.05, 3.63) is 28.8 Å². The lowest BCUT2D eigenvalue weighted by Crippen LogP contribution is -2.35. The lowest BCUT2D eigenvalue weighted by molar-refractivity contribution is 0.0297. The second kappa shape index (κ2) is 8.20. The second-order valence-corrected chi connectivity index (χ2v) is 7.01. The van der Waals surface area contributed by atoms with Gasteiger partial charge in [0.15, 0.2) is 0 Å². The summed E-state index contributed by atoms with van der Waals surface area (Å²) in [7, 11) is 1.75. The number of benzene rings is 1. The lowest BCUT2D eigenvalue weighted by atomic mass is 10.1. The highest BCUT2D eigenvalue weighted by Gasteiger charge is 2.18. The molecule has 0 unspecified atom stereocenters. The number of nitrogens with one attached hydrogen (secondary N) is 1. The van der Waals surface area contributed by atoms with Gasteiger partial charge in [-0.05, 0) is 64.3 Å². The molecule has 1 aromatic rings. The molecule has 0 fully saturated rings. The number of ether oxygens (including phenoxy) is 1. The average molecular weight is 322 g/mol. The molecule has 0 aromatic heterocycles. The van der Waals surface area contributed by atoms with E-state index in [-0.39, 0.29) is 6.09 Å². The molecule has 5 heteroatoms. The minimum absolute atomic E-state index is 0.290. The molecule has 0 aliphatic carbocycles. The maximum Gasteiger partial charge on any atom is 0.410 e. The first-order chi connectivity index (χ1) is 10.6. The highest BCUT2D eigenvalue weighted by Crippen LogP contribution is 2.22. The fourth-order valence-electron chi connectivity index (χ4n) is 2.25. The molecular formula is C18H30N2O3. The first kappa shape index (κ1) is 19.3. The zero-order valence-electron chi connectivity index (χ0n) is 15.2. The summed E-state index contributed by atoms with van der Waals surface area (Å²) >= 11 is 0. The number of carbonyl (C=O) groups excluding carboxylic acids is 1. The molecule has 0 aliphatic heterocycles. The van der Waals surface area contributed by atoms with E-state index in [2.05, 4.69) is 5.32 Å². The summed E-state index contributed by atoms with van der Waals surface area (Å²) in [5.41, 5.74) is 2.48. The van der Waals surface area contributed by atoms with Crippen LogP contribution in [0.15, 0.2) is 12.1 Å². The van der Waals surface area contributed by atoms with Crippen LogP contribution in [0.3, 0.4) is 0 Å². The number of hydrogen-bond donors (Lipinski definition) is 2. The molecule has 0 spiro atoms. The molecule has 23 heavy (non-hydrogen) atoms.